The lowest BCUT2D eigenvalue weighted by molar-refractivity contribution is 0.0910. The van der Waals surface area contributed by atoms with E-state index in [2.05, 4.69) is 311 Å². The van der Waals surface area contributed by atoms with Crippen LogP contribution < -0.4 is 19.6 Å². The van der Waals surface area contributed by atoms with Gasteiger partial charge in [0.2, 0.25) is 0 Å². The lowest BCUT2D eigenvalue weighted by atomic mass is 9.81. The molecule has 0 N–H and O–H groups in total. The van der Waals surface area contributed by atoms with Gasteiger partial charge >= 0.3 is 0 Å². The molecule has 114 heavy (non-hydrogen) atoms. The minimum Gasteiger partial charge on any atom is -0.310 e. The summed E-state index contributed by atoms with van der Waals surface area (Å²) in [5.74, 6) is -1.66. The van der Waals surface area contributed by atoms with Gasteiger partial charge in [-0.05, 0) is 266 Å². The second-order valence-corrected chi connectivity index (χ2v) is 35.9. The molecule has 8 heteroatoms. The molecule has 0 unspecified atom stereocenters. The van der Waals surface area contributed by atoms with Gasteiger partial charge in [-0.2, -0.15) is 0 Å². The summed E-state index contributed by atoms with van der Waals surface area (Å²) in [5.41, 5.74) is 37.2. The number of fused-ring (bicyclic) bond motifs is 20. The van der Waals surface area contributed by atoms with Crippen molar-refractivity contribution in [2.45, 2.75) is 116 Å². The molecule has 0 fully saturated rings. The topological polar surface area (TPSA) is 81.2 Å². The first-order valence-electron chi connectivity index (χ1n) is 39.9. The maximum absolute atomic E-state index is 15.0. The standard InChI is InChI=1S/C106H82N4O4/c1-101(2)85-25-17-13-21-69(85)73-41-31-61(51-89(73)101)107(62-32-42-74-70-22-14-18-26-86(70)102(3,4)90(74)52-62)65-35-45-77-79-47-37-67(57-95(79)105(9,10)93(77)55-65)109-97(111)81-39-29-59(49-83(81)99(109)113)60-30-40-82-84(50-60)100(114)110(98(82)112)68-38-48-80-78-46-36-66(56-94(78)106(11,12)96(80)58-68)108(63-33-43-75-71-23-15-19-27-87(71)103(5,6)91(75)53-63)64-34-44-76-72-24-16-20-28-88(72)104(7,8)92(76)54-64/h13-58H,1-12H3. The summed E-state index contributed by atoms with van der Waals surface area (Å²) in [5, 5.41) is 0. The van der Waals surface area contributed by atoms with Crippen molar-refractivity contribution in [1.29, 1.82) is 0 Å². The van der Waals surface area contributed by atoms with E-state index in [1.165, 1.54) is 98.8 Å². The summed E-state index contributed by atoms with van der Waals surface area (Å²) in [6.45, 7) is 27.6. The number of carbonyl (C=O) groups excluding carboxylic acids is 4. The van der Waals surface area contributed by atoms with Crippen molar-refractivity contribution in [2.24, 2.45) is 0 Å². The Morgan fingerprint density at radius 1 is 0.184 bits per heavy atom. The lowest BCUT2D eigenvalue weighted by Crippen LogP contribution is -2.29. The van der Waals surface area contributed by atoms with Crippen LogP contribution in [-0.4, -0.2) is 23.6 Å². The average Bonchev–Trinajstić information content (AvgIpc) is 1.60. The van der Waals surface area contributed by atoms with E-state index in [4.69, 9.17) is 0 Å². The lowest BCUT2D eigenvalue weighted by Gasteiger charge is -2.31. The zero-order valence-corrected chi connectivity index (χ0v) is 66.0. The van der Waals surface area contributed by atoms with Gasteiger partial charge in [-0.3, -0.25) is 19.2 Å². The fourth-order valence-electron chi connectivity index (χ4n) is 21.5. The van der Waals surface area contributed by atoms with Gasteiger partial charge in [-0.15, -0.1) is 0 Å². The van der Waals surface area contributed by atoms with Crippen LogP contribution in [0.15, 0.2) is 279 Å². The largest absolute Gasteiger partial charge is 0.310 e. The summed E-state index contributed by atoms with van der Waals surface area (Å²) in [7, 11) is 0. The quantitative estimate of drug-likeness (QED) is 0.134. The third kappa shape index (κ3) is 8.99. The Hall–Kier alpha value is -13.0. The van der Waals surface area contributed by atoms with Gasteiger partial charge in [0.1, 0.15) is 0 Å². The number of hydrogen-bond donors (Lipinski definition) is 0. The number of nitrogens with zero attached hydrogens (tertiary/aromatic N) is 4. The van der Waals surface area contributed by atoms with Crippen molar-refractivity contribution in [3.8, 4) is 77.9 Å². The number of carbonyl (C=O) groups is 4. The van der Waals surface area contributed by atoms with Gasteiger partial charge in [0.25, 0.3) is 23.6 Å². The van der Waals surface area contributed by atoms with Crippen LogP contribution in [0.1, 0.15) is 191 Å². The summed E-state index contributed by atoms with van der Waals surface area (Å²) < 4.78 is 0. The number of imide groups is 2. The maximum atomic E-state index is 15.0. The normalized spacial score (nSPS) is 16.9. The predicted octanol–water partition coefficient (Wildman–Crippen LogP) is 25.7. The number of rotatable bonds is 9. The van der Waals surface area contributed by atoms with E-state index in [1.54, 1.807) is 24.3 Å². The molecule has 0 saturated carbocycles. The molecule has 2 heterocycles. The molecule has 4 amide bonds. The Morgan fingerprint density at radius 3 is 0.632 bits per heavy atom. The molecule has 0 bridgehead atoms. The van der Waals surface area contributed by atoms with Crippen molar-refractivity contribution >= 4 is 69.1 Å². The minimum absolute atomic E-state index is 0.207. The Morgan fingerprint density at radius 2 is 0.377 bits per heavy atom. The third-order valence-corrected chi connectivity index (χ3v) is 27.7. The highest BCUT2D eigenvalue weighted by molar-refractivity contribution is 6.36. The Labute approximate surface area is 665 Å². The molecule has 2 aliphatic heterocycles. The third-order valence-electron chi connectivity index (χ3n) is 27.7. The fourth-order valence-corrected chi connectivity index (χ4v) is 21.5. The van der Waals surface area contributed by atoms with Crippen molar-refractivity contribution in [3.05, 3.63) is 368 Å². The van der Waals surface area contributed by atoms with Crippen LogP contribution in [0, 0.1) is 0 Å². The van der Waals surface area contributed by atoms with Crippen LogP contribution in [0.3, 0.4) is 0 Å². The highest BCUT2D eigenvalue weighted by Gasteiger charge is 2.47. The molecule has 0 radical (unpaired) electrons. The van der Waals surface area contributed by atoms with Crippen LogP contribution in [0.2, 0.25) is 0 Å². The first kappa shape index (κ1) is 67.8. The second-order valence-electron chi connectivity index (χ2n) is 35.9. The predicted molar refractivity (Wildman–Crippen MR) is 462 cm³/mol. The van der Waals surface area contributed by atoms with Crippen LogP contribution in [0.5, 0.6) is 0 Å². The van der Waals surface area contributed by atoms with Gasteiger partial charge < -0.3 is 9.80 Å². The van der Waals surface area contributed by atoms with Gasteiger partial charge in [-0.1, -0.05) is 241 Å². The Kier molecular flexibility index (Phi) is 13.6. The summed E-state index contributed by atoms with van der Waals surface area (Å²) >= 11 is 0. The number of hydrogen-bond acceptors (Lipinski definition) is 6. The van der Waals surface area contributed by atoms with Crippen molar-refractivity contribution in [2.75, 3.05) is 19.6 Å². The fraction of sp³-hybridized carbons (Fsp3) is 0.170. The Balaban J connectivity index is 0.546. The molecule has 0 spiro atoms. The molecule has 0 aromatic heterocycles. The molecule has 0 saturated heterocycles. The van der Waals surface area contributed by atoms with E-state index in [9.17, 15) is 9.59 Å². The molecule has 550 valence electrons. The molecule has 22 rings (SSSR count). The second kappa shape index (κ2) is 22.9. The van der Waals surface area contributed by atoms with Crippen LogP contribution in [0.25, 0.3) is 77.9 Å². The molecule has 6 aliphatic carbocycles. The molecule has 8 nitrogen and oxygen atoms in total. The smallest absolute Gasteiger partial charge is 0.266 e. The summed E-state index contributed by atoms with van der Waals surface area (Å²) in [6, 6.07) is 99.3. The van der Waals surface area contributed by atoms with Crippen LogP contribution in [0.4, 0.5) is 45.5 Å². The number of anilines is 8. The van der Waals surface area contributed by atoms with Gasteiger partial charge in [-0.25, -0.2) is 9.80 Å². The van der Waals surface area contributed by atoms with E-state index in [-0.39, 0.29) is 32.8 Å². The molecule has 8 aliphatic rings. The van der Waals surface area contributed by atoms with Gasteiger partial charge in [0.15, 0.2) is 0 Å². The van der Waals surface area contributed by atoms with E-state index < -0.39 is 34.5 Å². The highest BCUT2D eigenvalue weighted by Crippen LogP contribution is 2.60. The molecule has 0 atom stereocenters. The maximum Gasteiger partial charge on any atom is 0.266 e. The number of benzene rings is 14. The van der Waals surface area contributed by atoms with Crippen LogP contribution >= 0.6 is 0 Å². The zero-order chi connectivity index (χ0) is 78.1. The SMILES string of the molecule is CC1(C)c2ccccc2-c2ccc(N(c3ccc4c(c3)C(C)(C)c3ccccc3-4)c3ccc4c(c3)C(C)(C)c3cc(N5C(=O)c6ccc(-c7ccc8c(c7)C(=O)N(c7ccc9c(c7)C(C)(C)c7cc(N(c%10ccc%11c(c%10)C(C)(C)c%10ccccc%10-%11)c%10ccc%11c(c%10)C(C)(C)c%10ccccc%10-%11)ccc7-9)C8=O)cc6C5=O)ccc3-4)cc21. The minimum atomic E-state index is -0.538. The first-order chi connectivity index (χ1) is 54.7. The van der Waals surface area contributed by atoms with Gasteiger partial charge in [0.05, 0.1) is 33.6 Å². The van der Waals surface area contributed by atoms with E-state index in [0.29, 0.717) is 33.6 Å². The molecular weight excluding hydrogens is 1390 g/mol. The summed E-state index contributed by atoms with van der Waals surface area (Å²) in [4.78, 5) is 67.0. The Bertz CT molecular complexity index is 6190. The van der Waals surface area contributed by atoms with E-state index in [0.717, 1.165) is 78.6 Å². The zero-order valence-electron chi connectivity index (χ0n) is 66.0. The first-order valence-corrected chi connectivity index (χ1v) is 39.9. The highest BCUT2D eigenvalue weighted by atomic mass is 16.2. The van der Waals surface area contributed by atoms with Gasteiger partial charge in [0, 0.05) is 66.6 Å². The number of amides is 4. The summed E-state index contributed by atoms with van der Waals surface area (Å²) in [6.07, 6.45) is 0. The molecular formula is C106H82N4O4. The monoisotopic (exact) mass is 1470 g/mol. The van der Waals surface area contributed by atoms with Crippen molar-refractivity contribution in [1.82, 2.24) is 0 Å². The molecule has 14 aromatic carbocycles. The van der Waals surface area contributed by atoms with Crippen molar-refractivity contribution in [3.63, 3.8) is 0 Å². The van der Waals surface area contributed by atoms with E-state index in [1.807, 2.05) is 36.4 Å². The molecule has 14 aromatic rings. The van der Waals surface area contributed by atoms with Crippen molar-refractivity contribution < 1.29 is 19.2 Å². The van der Waals surface area contributed by atoms with E-state index >= 15 is 9.59 Å². The average molecular weight is 1480 g/mol. The van der Waals surface area contributed by atoms with Crippen LogP contribution in [-0.2, 0) is 32.5 Å².